The highest BCUT2D eigenvalue weighted by Crippen LogP contribution is 2.36. The number of carbonyl (C=O) groups is 2. The molecule has 3 rings (SSSR count). The first-order valence-corrected chi connectivity index (χ1v) is 9.77. The molecule has 1 aromatic carbocycles. The highest BCUT2D eigenvalue weighted by molar-refractivity contribution is 6.30. The van der Waals surface area contributed by atoms with Gasteiger partial charge in [0.2, 0.25) is 11.8 Å². The number of carbonyl (C=O) groups excluding carboxylic acids is 2. The van der Waals surface area contributed by atoms with Crippen molar-refractivity contribution in [2.45, 2.75) is 38.0 Å². The first-order chi connectivity index (χ1) is 12.4. The Labute approximate surface area is 160 Å². The van der Waals surface area contributed by atoms with Crippen molar-refractivity contribution >= 4 is 23.4 Å². The maximum Gasteiger partial charge on any atom is 0.245 e. The van der Waals surface area contributed by atoms with Gasteiger partial charge >= 0.3 is 0 Å². The summed E-state index contributed by atoms with van der Waals surface area (Å²) in [6, 6.07) is 8.06. The van der Waals surface area contributed by atoms with E-state index in [1.165, 1.54) is 11.6 Å². The van der Waals surface area contributed by atoms with Crippen LogP contribution in [0.3, 0.4) is 0 Å². The molecule has 0 aromatic heterocycles. The lowest BCUT2D eigenvalue weighted by Crippen LogP contribution is -2.50. The summed E-state index contributed by atoms with van der Waals surface area (Å²) >= 11 is 6.15. The summed E-state index contributed by atoms with van der Waals surface area (Å²) in [6.45, 7) is 8.56. The van der Waals surface area contributed by atoms with Gasteiger partial charge in [-0.2, -0.15) is 0 Å². The van der Waals surface area contributed by atoms with Crippen LogP contribution in [0, 0.1) is 5.92 Å². The standard InChI is InChI=1S/C21H27ClN2O2/c1-3-19(25)24-11-5-6-16(15-24)20(26)23-12-9-21(2,10-13-23)17-7-4-8-18(22)14-17/h3-4,7-8,14,16H,1,5-6,9-13,15H2,2H3. The quantitative estimate of drug-likeness (QED) is 0.758. The SMILES string of the molecule is C=CC(=O)N1CCCC(C(=O)N2CCC(C)(c3cccc(Cl)c3)CC2)C1. The molecule has 1 unspecified atom stereocenters. The Morgan fingerprint density at radius 3 is 2.62 bits per heavy atom. The molecular weight excluding hydrogens is 348 g/mol. The van der Waals surface area contributed by atoms with Crippen LogP contribution in [0.1, 0.15) is 38.2 Å². The largest absolute Gasteiger partial charge is 0.342 e. The van der Waals surface area contributed by atoms with Gasteiger partial charge < -0.3 is 9.80 Å². The van der Waals surface area contributed by atoms with Crippen molar-refractivity contribution in [3.63, 3.8) is 0 Å². The summed E-state index contributed by atoms with van der Waals surface area (Å²) in [4.78, 5) is 28.5. The maximum absolute atomic E-state index is 13.0. The van der Waals surface area contributed by atoms with Crippen LogP contribution in [0.2, 0.25) is 5.02 Å². The third kappa shape index (κ3) is 3.96. The van der Waals surface area contributed by atoms with E-state index in [2.05, 4.69) is 19.6 Å². The maximum atomic E-state index is 13.0. The predicted octanol–water partition coefficient (Wildman–Crippen LogP) is 3.64. The lowest BCUT2D eigenvalue weighted by atomic mass is 9.74. The molecule has 2 fully saturated rings. The highest BCUT2D eigenvalue weighted by Gasteiger charge is 2.36. The number of amides is 2. The molecule has 0 bridgehead atoms. The average molecular weight is 375 g/mol. The molecule has 2 aliphatic rings. The molecule has 2 saturated heterocycles. The van der Waals surface area contributed by atoms with Crippen molar-refractivity contribution in [2.24, 2.45) is 5.92 Å². The second kappa shape index (κ2) is 7.83. The number of hydrogen-bond acceptors (Lipinski definition) is 2. The van der Waals surface area contributed by atoms with Crippen molar-refractivity contribution < 1.29 is 9.59 Å². The van der Waals surface area contributed by atoms with Gasteiger partial charge in [-0.15, -0.1) is 0 Å². The number of rotatable bonds is 3. The van der Waals surface area contributed by atoms with Crippen LogP contribution < -0.4 is 0 Å². The second-order valence-corrected chi connectivity index (χ2v) is 8.16. The van der Waals surface area contributed by atoms with E-state index in [-0.39, 0.29) is 23.1 Å². The Hall–Kier alpha value is -1.81. The zero-order valence-electron chi connectivity index (χ0n) is 15.4. The molecule has 0 aliphatic carbocycles. The van der Waals surface area contributed by atoms with E-state index >= 15 is 0 Å². The van der Waals surface area contributed by atoms with E-state index in [0.29, 0.717) is 6.54 Å². The Balaban J connectivity index is 1.61. The fourth-order valence-corrected chi connectivity index (χ4v) is 4.33. The van der Waals surface area contributed by atoms with Crippen molar-refractivity contribution in [1.29, 1.82) is 0 Å². The van der Waals surface area contributed by atoms with Crippen LogP contribution >= 0.6 is 11.6 Å². The topological polar surface area (TPSA) is 40.6 Å². The summed E-state index contributed by atoms with van der Waals surface area (Å²) in [5, 5.41) is 0.761. The zero-order valence-corrected chi connectivity index (χ0v) is 16.2. The Morgan fingerprint density at radius 2 is 1.96 bits per heavy atom. The molecule has 1 atom stereocenters. The molecule has 0 N–H and O–H groups in total. The van der Waals surface area contributed by atoms with Crippen LogP contribution in [0.5, 0.6) is 0 Å². The third-order valence-electron chi connectivity index (χ3n) is 5.96. The minimum atomic E-state index is -0.0804. The van der Waals surface area contributed by atoms with E-state index in [1.807, 2.05) is 23.1 Å². The van der Waals surface area contributed by atoms with E-state index in [1.54, 1.807) is 4.90 Å². The molecule has 2 heterocycles. The van der Waals surface area contributed by atoms with Crippen LogP contribution in [-0.4, -0.2) is 47.8 Å². The van der Waals surface area contributed by atoms with Crippen LogP contribution in [0.15, 0.2) is 36.9 Å². The van der Waals surface area contributed by atoms with Gasteiger partial charge in [-0.05, 0) is 54.9 Å². The molecule has 2 amide bonds. The first-order valence-electron chi connectivity index (χ1n) is 9.39. The Bertz CT molecular complexity index is 695. The fourth-order valence-electron chi connectivity index (χ4n) is 4.14. The van der Waals surface area contributed by atoms with E-state index in [0.717, 1.165) is 50.3 Å². The van der Waals surface area contributed by atoms with Crippen molar-refractivity contribution in [1.82, 2.24) is 9.80 Å². The molecule has 4 nitrogen and oxygen atoms in total. The lowest BCUT2D eigenvalue weighted by Gasteiger charge is -2.42. The van der Waals surface area contributed by atoms with Gasteiger partial charge in [0.25, 0.3) is 0 Å². The Morgan fingerprint density at radius 1 is 1.23 bits per heavy atom. The van der Waals surface area contributed by atoms with Crippen molar-refractivity contribution in [3.8, 4) is 0 Å². The molecule has 0 saturated carbocycles. The molecule has 0 spiro atoms. The number of piperidine rings is 2. The van der Waals surface area contributed by atoms with Gasteiger partial charge in [-0.3, -0.25) is 9.59 Å². The van der Waals surface area contributed by atoms with Gasteiger partial charge in [0, 0.05) is 31.2 Å². The zero-order chi connectivity index (χ0) is 18.7. The minimum Gasteiger partial charge on any atom is -0.342 e. The fraction of sp³-hybridized carbons (Fsp3) is 0.524. The van der Waals surface area contributed by atoms with E-state index < -0.39 is 0 Å². The Kier molecular flexibility index (Phi) is 5.71. The second-order valence-electron chi connectivity index (χ2n) is 7.72. The van der Waals surface area contributed by atoms with E-state index in [9.17, 15) is 9.59 Å². The van der Waals surface area contributed by atoms with Gasteiger partial charge in [0.1, 0.15) is 0 Å². The van der Waals surface area contributed by atoms with Crippen molar-refractivity contribution in [2.75, 3.05) is 26.2 Å². The number of hydrogen-bond donors (Lipinski definition) is 0. The average Bonchev–Trinajstić information content (AvgIpc) is 2.67. The lowest BCUT2D eigenvalue weighted by molar-refractivity contribution is -0.140. The molecule has 5 heteroatoms. The van der Waals surface area contributed by atoms with Crippen LogP contribution in [0.4, 0.5) is 0 Å². The van der Waals surface area contributed by atoms with E-state index in [4.69, 9.17) is 11.6 Å². The summed E-state index contributed by atoms with van der Waals surface area (Å²) < 4.78 is 0. The smallest absolute Gasteiger partial charge is 0.245 e. The van der Waals surface area contributed by atoms with Crippen molar-refractivity contribution in [3.05, 3.63) is 47.5 Å². The van der Waals surface area contributed by atoms with Gasteiger partial charge in [-0.25, -0.2) is 0 Å². The summed E-state index contributed by atoms with van der Waals surface area (Å²) in [7, 11) is 0. The summed E-state index contributed by atoms with van der Waals surface area (Å²) in [5.74, 6) is 0.0394. The van der Waals surface area contributed by atoms with Crippen LogP contribution in [-0.2, 0) is 15.0 Å². The normalized spacial score (nSPS) is 22.8. The molecule has 140 valence electrons. The number of halogens is 1. The number of benzene rings is 1. The minimum absolute atomic E-state index is 0.0546. The summed E-state index contributed by atoms with van der Waals surface area (Å²) in [5.41, 5.74) is 1.30. The molecular formula is C21H27ClN2O2. The third-order valence-corrected chi connectivity index (χ3v) is 6.19. The molecule has 1 aromatic rings. The predicted molar refractivity (Wildman–Crippen MR) is 104 cm³/mol. The van der Waals surface area contributed by atoms with Gasteiger partial charge in [-0.1, -0.05) is 37.2 Å². The van der Waals surface area contributed by atoms with Gasteiger partial charge in [0.15, 0.2) is 0 Å². The highest BCUT2D eigenvalue weighted by atomic mass is 35.5. The first kappa shape index (κ1) is 19.0. The monoisotopic (exact) mass is 374 g/mol. The number of likely N-dealkylation sites (tertiary alicyclic amines) is 2. The summed E-state index contributed by atoms with van der Waals surface area (Å²) in [6.07, 6.45) is 4.94. The number of nitrogens with zero attached hydrogens (tertiary/aromatic N) is 2. The molecule has 0 radical (unpaired) electrons. The van der Waals surface area contributed by atoms with Crippen LogP contribution in [0.25, 0.3) is 0 Å². The van der Waals surface area contributed by atoms with Gasteiger partial charge in [0.05, 0.1) is 5.92 Å². The molecule has 26 heavy (non-hydrogen) atoms. The molecule has 2 aliphatic heterocycles.